The molecule has 100 valence electrons. The predicted molar refractivity (Wildman–Crippen MR) is 70.4 cm³/mol. The van der Waals surface area contributed by atoms with Gasteiger partial charge in [-0.05, 0) is 19.1 Å². The Morgan fingerprint density at radius 1 is 1.37 bits per heavy atom. The third-order valence-electron chi connectivity index (χ3n) is 2.60. The van der Waals surface area contributed by atoms with Gasteiger partial charge >= 0.3 is 0 Å². The van der Waals surface area contributed by atoms with Crippen molar-refractivity contribution in [2.45, 2.75) is 19.8 Å². The van der Waals surface area contributed by atoms with Crippen molar-refractivity contribution in [3.63, 3.8) is 0 Å². The fourth-order valence-electron chi connectivity index (χ4n) is 1.68. The fraction of sp³-hybridized carbons (Fsp3) is 0.308. The molecule has 0 aliphatic carbocycles. The number of anilines is 1. The van der Waals surface area contributed by atoms with Crippen molar-refractivity contribution in [3.05, 3.63) is 30.3 Å². The highest BCUT2D eigenvalue weighted by Gasteiger charge is 2.25. The third-order valence-corrected chi connectivity index (χ3v) is 2.60. The monoisotopic (exact) mass is 261 g/mol. The van der Waals surface area contributed by atoms with Crippen molar-refractivity contribution in [3.8, 4) is 0 Å². The molecule has 19 heavy (non-hydrogen) atoms. The summed E-state index contributed by atoms with van der Waals surface area (Å²) in [4.78, 5) is 28.4. The Morgan fingerprint density at radius 3 is 2.79 bits per heavy atom. The average molecular weight is 261 g/mol. The van der Waals surface area contributed by atoms with Gasteiger partial charge in [0.05, 0.1) is 12.3 Å². The number of rotatable bonds is 4. The summed E-state index contributed by atoms with van der Waals surface area (Å²) in [6.07, 6.45) is 0.578. The van der Waals surface area contributed by atoms with Crippen LogP contribution in [0.1, 0.15) is 19.8 Å². The molecular weight excluding hydrogens is 246 g/mol. The number of carbonyl (C=O) groups excluding carboxylic acids is 2. The van der Waals surface area contributed by atoms with Gasteiger partial charge in [0.15, 0.2) is 0 Å². The molecule has 2 amide bonds. The molecule has 2 rings (SSSR count). The number of amides is 2. The summed E-state index contributed by atoms with van der Waals surface area (Å²) < 4.78 is 0. The van der Waals surface area contributed by atoms with Crippen LogP contribution in [0.5, 0.6) is 0 Å². The number of benzene rings is 1. The van der Waals surface area contributed by atoms with Crippen LogP contribution < -0.4 is 10.5 Å². The van der Waals surface area contributed by atoms with E-state index in [2.05, 4.69) is 10.6 Å². The molecule has 0 bridgehead atoms. The molecule has 1 heterocycles. The van der Waals surface area contributed by atoms with E-state index in [4.69, 9.17) is 4.84 Å². The standard InChI is InChI=1S/C13H15N3O3/c1-2-19-15-13(18)11-8-9-12(17)16(14-11)10-6-4-3-5-7-10/h3-7H,2,8-9H2,1H3,(H,15,18). The van der Waals surface area contributed by atoms with E-state index >= 15 is 0 Å². The zero-order valence-electron chi connectivity index (χ0n) is 10.6. The van der Waals surface area contributed by atoms with Gasteiger partial charge in [-0.3, -0.25) is 14.4 Å². The SMILES string of the molecule is CCONC(=O)C1=NN(c2ccccc2)C(=O)CC1. The molecule has 6 nitrogen and oxygen atoms in total. The second-order valence-corrected chi connectivity index (χ2v) is 3.95. The van der Waals surface area contributed by atoms with E-state index in [1.807, 2.05) is 18.2 Å². The second kappa shape index (κ2) is 6.10. The largest absolute Gasteiger partial charge is 0.291 e. The van der Waals surface area contributed by atoms with Crippen molar-refractivity contribution in [2.75, 3.05) is 11.6 Å². The van der Waals surface area contributed by atoms with Crippen molar-refractivity contribution >= 4 is 23.2 Å². The number of hydrazone groups is 1. The number of hydroxylamine groups is 1. The van der Waals surface area contributed by atoms with Crippen molar-refractivity contribution in [1.29, 1.82) is 0 Å². The minimum atomic E-state index is -0.407. The van der Waals surface area contributed by atoms with E-state index in [-0.39, 0.29) is 18.0 Å². The van der Waals surface area contributed by atoms with Gasteiger partial charge in [0.25, 0.3) is 5.91 Å². The van der Waals surface area contributed by atoms with Gasteiger partial charge in [0, 0.05) is 12.8 Å². The van der Waals surface area contributed by atoms with Crippen LogP contribution in [0.4, 0.5) is 5.69 Å². The summed E-state index contributed by atoms with van der Waals surface area (Å²) in [6.45, 7) is 2.14. The molecule has 0 atom stereocenters. The van der Waals surface area contributed by atoms with Crippen LogP contribution in [0.25, 0.3) is 0 Å². The second-order valence-electron chi connectivity index (χ2n) is 3.95. The third kappa shape index (κ3) is 3.17. The van der Waals surface area contributed by atoms with Gasteiger partial charge in [0.2, 0.25) is 5.91 Å². The Bertz CT molecular complexity index is 499. The van der Waals surface area contributed by atoms with Gasteiger partial charge in [-0.25, -0.2) is 10.5 Å². The minimum absolute atomic E-state index is 0.126. The van der Waals surface area contributed by atoms with Gasteiger partial charge in [-0.1, -0.05) is 18.2 Å². The molecule has 1 aromatic rings. The fourth-order valence-corrected chi connectivity index (χ4v) is 1.68. The molecule has 1 aliphatic heterocycles. The Hall–Kier alpha value is -2.21. The van der Waals surface area contributed by atoms with Gasteiger partial charge < -0.3 is 0 Å². The zero-order valence-corrected chi connectivity index (χ0v) is 10.6. The highest BCUT2D eigenvalue weighted by atomic mass is 16.6. The van der Waals surface area contributed by atoms with Crippen LogP contribution >= 0.6 is 0 Å². The minimum Gasteiger partial charge on any atom is -0.274 e. The molecule has 1 aliphatic rings. The Labute approximate surface area is 111 Å². The first-order valence-electron chi connectivity index (χ1n) is 6.10. The molecule has 0 spiro atoms. The van der Waals surface area contributed by atoms with Crippen LogP contribution in [-0.4, -0.2) is 24.1 Å². The Balaban J connectivity index is 2.18. The lowest BCUT2D eigenvalue weighted by atomic mass is 10.1. The first-order valence-corrected chi connectivity index (χ1v) is 6.10. The van der Waals surface area contributed by atoms with Crippen LogP contribution in [0, 0.1) is 0 Å². The van der Waals surface area contributed by atoms with Crippen molar-refractivity contribution < 1.29 is 14.4 Å². The lowest BCUT2D eigenvalue weighted by Crippen LogP contribution is -2.39. The van der Waals surface area contributed by atoms with E-state index < -0.39 is 5.91 Å². The highest BCUT2D eigenvalue weighted by Crippen LogP contribution is 2.19. The van der Waals surface area contributed by atoms with Crippen LogP contribution in [-0.2, 0) is 14.4 Å². The highest BCUT2D eigenvalue weighted by molar-refractivity contribution is 6.39. The molecule has 0 unspecified atom stereocenters. The molecule has 6 heteroatoms. The topological polar surface area (TPSA) is 71.0 Å². The summed E-state index contributed by atoms with van der Waals surface area (Å²) in [5.74, 6) is -0.533. The first-order chi connectivity index (χ1) is 9.22. The summed E-state index contributed by atoms with van der Waals surface area (Å²) >= 11 is 0. The maximum absolute atomic E-state index is 11.8. The van der Waals surface area contributed by atoms with E-state index in [0.717, 1.165) is 0 Å². The van der Waals surface area contributed by atoms with Gasteiger partial charge in [0.1, 0.15) is 5.71 Å². The number of hydrogen-bond donors (Lipinski definition) is 1. The van der Waals surface area contributed by atoms with Gasteiger partial charge in [-0.15, -0.1) is 0 Å². The molecule has 0 saturated carbocycles. The maximum atomic E-state index is 11.8. The van der Waals surface area contributed by atoms with Crippen molar-refractivity contribution in [2.24, 2.45) is 5.10 Å². The molecule has 0 fully saturated rings. The quantitative estimate of drug-likeness (QED) is 0.829. The lowest BCUT2D eigenvalue weighted by molar-refractivity contribution is -0.126. The number of para-hydroxylation sites is 1. The summed E-state index contributed by atoms with van der Waals surface area (Å²) in [5.41, 5.74) is 3.22. The summed E-state index contributed by atoms with van der Waals surface area (Å²) in [6, 6.07) is 9.01. The average Bonchev–Trinajstić information content (AvgIpc) is 2.46. The lowest BCUT2D eigenvalue weighted by Gasteiger charge is -2.22. The molecular formula is C13H15N3O3. The Morgan fingerprint density at radius 2 is 2.11 bits per heavy atom. The van der Waals surface area contributed by atoms with Crippen LogP contribution in [0.15, 0.2) is 35.4 Å². The number of hydrogen-bond acceptors (Lipinski definition) is 4. The summed E-state index contributed by atoms with van der Waals surface area (Å²) in [5, 5.41) is 5.35. The smallest absolute Gasteiger partial charge is 0.274 e. The number of nitrogens with zero attached hydrogens (tertiary/aromatic N) is 2. The Kier molecular flexibility index (Phi) is 4.25. The van der Waals surface area contributed by atoms with E-state index in [0.29, 0.717) is 18.7 Å². The summed E-state index contributed by atoms with van der Waals surface area (Å²) in [7, 11) is 0. The number of nitrogens with one attached hydrogen (secondary N) is 1. The van der Waals surface area contributed by atoms with Crippen LogP contribution in [0.2, 0.25) is 0 Å². The van der Waals surface area contributed by atoms with Crippen LogP contribution in [0.3, 0.4) is 0 Å². The normalized spacial score (nSPS) is 15.1. The molecule has 1 N–H and O–H groups in total. The molecule has 0 radical (unpaired) electrons. The zero-order chi connectivity index (χ0) is 13.7. The first kappa shape index (κ1) is 13.2. The molecule has 0 aromatic heterocycles. The molecule has 1 aromatic carbocycles. The maximum Gasteiger partial charge on any atom is 0.291 e. The van der Waals surface area contributed by atoms with E-state index in [1.54, 1.807) is 19.1 Å². The van der Waals surface area contributed by atoms with E-state index in [1.165, 1.54) is 5.01 Å². The molecule has 0 saturated heterocycles. The van der Waals surface area contributed by atoms with Crippen molar-refractivity contribution in [1.82, 2.24) is 5.48 Å². The van der Waals surface area contributed by atoms with E-state index in [9.17, 15) is 9.59 Å². The number of carbonyl (C=O) groups is 2. The van der Waals surface area contributed by atoms with Gasteiger partial charge in [-0.2, -0.15) is 5.10 Å². The predicted octanol–water partition coefficient (Wildman–Crippen LogP) is 1.24.